The highest BCUT2D eigenvalue weighted by molar-refractivity contribution is 5.91. The number of rotatable bonds is 1. The van der Waals surface area contributed by atoms with Crippen LogP contribution >= 0.6 is 0 Å². The Kier molecular flexibility index (Phi) is 2.70. The van der Waals surface area contributed by atoms with Crippen LogP contribution in [0.4, 0.5) is 4.79 Å². The number of nitrogens with one attached hydrogen (secondary N) is 1. The predicted molar refractivity (Wildman–Crippen MR) is 29.1 cm³/mol. The van der Waals surface area contributed by atoms with Gasteiger partial charge in [0.1, 0.15) is 0 Å². The van der Waals surface area contributed by atoms with Crippen molar-refractivity contribution < 1.29 is 14.7 Å². The van der Waals surface area contributed by atoms with Crippen LogP contribution in [0, 0.1) is 5.92 Å². The van der Waals surface area contributed by atoms with Crippen LogP contribution < -0.4 is 5.32 Å². The quantitative estimate of drug-likeness (QED) is 0.555. The van der Waals surface area contributed by atoms with Gasteiger partial charge in [0.15, 0.2) is 0 Å². The highest BCUT2D eigenvalue weighted by atomic mass is 16.4. The van der Waals surface area contributed by atoms with Gasteiger partial charge in [-0.05, 0) is 0 Å². The summed E-state index contributed by atoms with van der Waals surface area (Å²) in [7, 11) is 0. The second kappa shape index (κ2) is 3.06. The van der Waals surface area contributed by atoms with Gasteiger partial charge in [0.05, 0.1) is 0 Å². The van der Waals surface area contributed by atoms with E-state index in [0.29, 0.717) is 0 Å². The van der Waals surface area contributed by atoms with Gasteiger partial charge in [-0.25, -0.2) is 9.90 Å². The van der Waals surface area contributed by atoms with E-state index >= 15 is 0 Å². The molecular weight excluding hydrogens is 122 g/mol. The molecule has 9 heavy (non-hydrogen) atoms. The van der Waals surface area contributed by atoms with Crippen LogP contribution in [0.25, 0.3) is 0 Å². The largest absolute Gasteiger partial charge is 0.457 e. The Labute approximate surface area is 52.9 Å². The van der Waals surface area contributed by atoms with E-state index in [0.717, 1.165) is 0 Å². The van der Waals surface area contributed by atoms with E-state index in [4.69, 9.17) is 0 Å². The van der Waals surface area contributed by atoms with Crippen LogP contribution in [-0.4, -0.2) is 12.0 Å². The summed E-state index contributed by atoms with van der Waals surface area (Å²) in [4.78, 5) is 20.1. The molecule has 0 bridgehead atoms. The van der Waals surface area contributed by atoms with E-state index in [1.165, 1.54) is 0 Å². The molecule has 0 unspecified atom stereocenters. The number of carbonyl (C=O) groups is 2. The highest BCUT2D eigenvalue weighted by Gasteiger charge is 2.09. The average Bonchev–Trinajstić information content (AvgIpc) is 1.63. The minimum Gasteiger partial charge on any atom is -0.274 e. The molecule has 0 saturated heterocycles. The van der Waals surface area contributed by atoms with Gasteiger partial charge >= 0.3 is 6.09 Å². The van der Waals surface area contributed by atoms with Gasteiger partial charge in [0.25, 0.3) is 0 Å². The molecular formula is C5H8NO3. The molecule has 0 aromatic heterocycles. The van der Waals surface area contributed by atoms with Crippen molar-refractivity contribution in [2.45, 2.75) is 13.8 Å². The van der Waals surface area contributed by atoms with E-state index in [1.807, 2.05) is 0 Å². The molecule has 0 rings (SSSR count). The molecule has 0 spiro atoms. The highest BCUT2D eigenvalue weighted by Crippen LogP contribution is 1.89. The number of imide groups is 1. The lowest BCUT2D eigenvalue weighted by Gasteiger charge is -1.98. The summed E-state index contributed by atoms with van der Waals surface area (Å²) in [6.07, 6.45) is -1.55. The monoisotopic (exact) mass is 130 g/mol. The Balaban J connectivity index is 3.64. The van der Waals surface area contributed by atoms with Gasteiger partial charge in [-0.1, -0.05) is 13.8 Å². The summed E-state index contributed by atoms with van der Waals surface area (Å²) >= 11 is 0. The molecule has 0 fully saturated rings. The Morgan fingerprint density at radius 3 is 1.89 bits per heavy atom. The molecule has 0 aliphatic rings. The lowest BCUT2D eigenvalue weighted by molar-refractivity contribution is -0.123. The van der Waals surface area contributed by atoms with E-state index in [9.17, 15) is 14.7 Å². The summed E-state index contributed by atoms with van der Waals surface area (Å²) in [5.41, 5.74) is 0. The van der Waals surface area contributed by atoms with Crippen molar-refractivity contribution in [3.63, 3.8) is 0 Å². The standard InChI is InChI=1S/C5H8NO3/c1-3(2)4(7)6-5(8)9/h3H,1-2H3,(H,6,7). The molecule has 1 radical (unpaired) electrons. The molecule has 51 valence electrons. The van der Waals surface area contributed by atoms with Gasteiger partial charge in [0, 0.05) is 5.92 Å². The first-order valence-electron chi connectivity index (χ1n) is 2.56. The molecule has 0 aromatic carbocycles. The first-order valence-corrected chi connectivity index (χ1v) is 2.56. The first-order chi connectivity index (χ1) is 4.04. The first kappa shape index (κ1) is 7.94. The molecule has 0 heterocycles. The van der Waals surface area contributed by atoms with Crippen LogP contribution in [0.2, 0.25) is 0 Å². The molecule has 0 aromatic rings. The SMILES string of the molecule is CC(C)C(=O)NC([O])=O. The predicted octanol–water partition coefficient (Wildman–Crippen LogP) is 0.309. The Morgan fingerprint density at radius 2 is 1.78 bits per heavy atom. The van der Waals surface area contributed by atoms with E-state index in [2.05, 4.69) is 0 Å². The molecule has 4 nitrogen and oxygen atoms in total. The number of amides is 2. The zero-order valence-electron chi connectivity index (χ0n) is 5.30. The minimum absolute atomic E-state index is 0.317. The van der Waals surface area contributed by atoms with Crippen molar-refractivity contribution in [1.29, 1.82) is 0 Å². The summed E-state index contributed by atoms with van der Waals surface area (Å²) < 4.78 is 0. The fourth-order valence-electron chi connectivity index (χ4n) is 0.245. The Morgan fingerprint density at radius 1 is 1.33 bits per heavy atom. The molecule has 0 aliphatic heterocycles. The van der Waals surface area contributed by atoms with E-state index in [-0.39, 0.29) is 5.92 Å². The second-order valence-corrected chi connectivity index (χ2v) is 1.93. The van der Waals surface area contributed by atoms with Gasteiger partial charge in [0.2, 0.25) is 5.91 Å². The number of hydrogen-bond donors (Lipinski definition) is 1. The van der Waals surface area contributed by atoms with E-state index in [1.54, 1.807) is 19.2 Å². The topological polar surface area (TPSA) is 66.1 Å². The fraction of sp³-hybridized carbons (Fsp3) is 0.600. The maximum atomic E-state index is 10.4. The van der Waals surface area contributed by atoms with Crippen LogP contribution in [-0.2, 0) is 9.90 Å². The minimum atomic E-state index is -1.55. The second-order valence-electron chi connectivity index (χ2n) is 1.93. The lowest BCUT2D eigenvalue weighted by atomic mass is 10.2. The number of carbonyl (C=O) groups excluding carboxylic acids is 2. The van der Waals surface area contributed by atoms with Crippen molar-refractivity contribution in [2.75, 3.05) is 0 Å². The fourth-order valence-corrected chi connectivity index (χ4v) is 0.245. The summed E-state index contributed by atoms with van der Waals surface area (Å²) in [5.74, 6) is -0.849. The van der Waals surface area contributed by atoms with Crippen molar-refractivity contribution in [3.8, 4) is 0 Å². The summed E-state index contributed by atoms with van der Waals surface area (Å²) in [6.45, 7) is 3.19. The Hall–Kier alpha value is -1.06. The third kappa shape index (κ3) is 3.52. The smallest absolute Gasteiger partial charge is 0.274 e. The van der Waals surface area contributed by atoms with Crippen LogP contribution in [0.5, 0.6) is 0 Å². The van der Waals surface area contributed by atoms with Gasteiger partial charge in [-0.2, -0.15) is 0 Å². The molecule has 0 atom stereocenters. The van der Waals surface area contributed by atoms with Crippen molar-refractivity contribution in [1.82, 2.24) is 5.32 Å². The van der Waals surface area contributed by atoms with Gasteiger partial charge in [-0.3, -0.25) is 10.1 Å². The average molecular weight is 130 g/mol. The molecule has 4 heteroatoms. The van der Waals surface area contributed by atoms with E-state index < -0.39 is 12.0 Å². The maximum absolute atomic E-state index is 10.4. The van der Waals surface area contributed by atoms with Crippen molar-refractivity contribution in [2.24, 2.45) is 5.92 Å². The van der Waals surface area contributed by atoms with Crippen molar-refractivity contribution in [3.05, 3.63) is 0 Å². The number of hydrogen-bond acceptors (Lipinski definition) is 2. The van der Waals surface area contributed by atoms with Crippen LogP contribution in [0.3, 0.4) is 0 Å². The Bertz CT molecular complexity index is 130. The normalized spacial score (nSPS) is 9.22. The van der Waals surface area contributed by atoms with Gasteiger partial charge < -0.3 is 0 Å². The lowest BCUT2D eigenvalue weighted by Crippen LogP contribution is -2.31. The summed E-state index contributed by atoms with van der Waals surface area (Å²) in [6, 6.07) is 0. The van der Waals surface area contributed by atoms with Crippen LogP contribution in [0.15, 0.2) is 0 Å². The van der Waals surface area contributed by atoms with Crippen LogP contribution in [0.1, 0.15) is 13.8 Å². The third-order valence-corrected chi connectivity index (χ3v) is 0.750. The zero-order chi connectivity index (χ0) is 7.44. The van der Waals surface area contributed by atoms with Gasteiger partial charge in [-0.15, -0.1) is 0 Å². The molecule has 0 saturated carbocycles. The summed E-state index contributed by atoms with van der Waals surface area (Å²) in [5, 5.41) is 11.3. The molecule has 0 aliphatic carbocycles. The zero-order valence-corrected chi connectivity index (χ0v) is 5.30. The molecule has 1 N–H and O–H groups in total. The van der Waals surface area contributed by atoms with Crippen molar-refractivity contribution >= 4 is 12.0 Å². The molecule has 2 amide bonds. The third-order valence-electron chi connectivity index (χ3n) is 0.750. The maximum Gasteiger partial charge on any atom is 0.457 e.